The highest BCUT2D eigenvalue weighted by Gasteiger charge is 2.27. The molecule has 0 unspecified atom stereocenters. The lowest BCUT2D eigenvalue weighted by molar-refractivity contribution is 0.0729. The Morgan fingerprint density at radius 3 is 2.14 bits per heavy atom. The molecule has 36 heavy (non-hydrogen) atoms. The van der Waals surface area contributed by atoms with Gasteiger partial charge in [-0.1, -0.05) is 12.1 Å². The molecule has 2 aliphatic heterocycles. The van der Waals surface area contributed by atoms with Crippen LogP contribution in [0.5, 0.6) is 5.75 Å². The van der Waals surface area contributed by atoms with Crippen molar-refractivity contribution < 1.29 is 31.1 Å². The van der Waals surface area contributed by atoms with E-state index < -0.39 is 20.0 Å². The minimum absolute atomic E-state index is 0.124. The van der Waals surface area contributed by atoms with Gasteiger partial charge in [0.05, 0.1) is 30.4 Å². The molecule has 0 aliphatic carbocycles. The van der Waals surface area contributed by atoms with Crippen LogP contribution in [0.3, 0.4) is 0 Å². The van der Waals surface area contributed by atoms with Gasteiger partial charge in [-0.25, -0.2) is 16.8 Å². The first-order chi connectivity index (χ1) is 17.3. The lowest BCUT2D eigenvalue weighted by atomic mass is 10.1. The van der Waals surface area contributed by atoms with Gasteiger partial charge in [0.15, 0.2) is 0 Å². The first kappa shape index (κ1) is 26.6. The summed E-state index contributed by atoms with van der Waals surface area (Å²) in [6.07, 6.45) is 1.76. The molecule has 0 aromatic heterocycles. The summed E-state index contributed by atoms with van der Waals surface area (Å²) in [5, 5.41) is 2.75. The molecule has 0 bridgehead atoms. The van der Waals surface area contributed by atoms with E-state index in [1.54, 1.807) is 36.4 Å². The Bertz CT molecular complexity index is 1240. The molecule has 2 heterocycles. The van der Waals surface area contributed by atoms with Gasteiger partial charge in [-0.15, -0.1) is 0 Å². The van der Waals surface area contributed by atoms with E-state index in [-0.39, 0.29) is 29.7 Å². The molecule has 1 amide bonds. The molecular formula is C24H31N3O7S2. The number of ether oxygens (including phenoxy) is 2. The van der Waals surface area contributed by atoms with E-state index in [4.69, 9.17) is 9.47 Å². The predicted molar refractivity (Wildman–Crippen MR) is 134 cm³/mol. The summed E-state index contributed by atoms with van der Waals surface area (Å²) in [5.74, 6) is 0.0876. The summed E-state index contributed by atoms with van der Waals surface area (Å²) < 4.78 is 64.0. The lowest BCUT2D eigenvalue weighted by Crippen LogP contribution is -2.41. The molecule has 0 spiro atoms. The minimum Gasteiger partial charge on any atom is -0.492 e. The molecule has 0 atom stereocenters. The van der Waals surface area contributed by atoms with Gasteiger partial charge in [-0.2, -0.15) is 8.61 Å². The van der Waals surface area contributed by atoms with Crippen LogP contribution in [-0.2, 0) is 30.5 Å². The van der Waals surface area contributed by atoms with Crippen molar-refractivity contribution in [1.82, 2.24) is 13.9 Å². The van der Waals surface area contributed by atoms with Gasteiger partial charge >= 0.3 is 0 Å². The van der Waals surface area contributed by atoms with E-state index in [1.807, 2.05) is 0 Å². The van der Waals surface area contributed by atoms with Crippen molar-refractivity contribution in [2.45, 2.75) is 23.5 Å². The highest BCUT2D eigenvalue weighted by Crippen LogP contribution is 2.23. The maximum absolute atomic E-state index is 12.6. The molecule has 2 aromatic rings. The number of benzene rings is 2. The van der Waals surface area contributed by atoms with Gasteiger partial charge in [0.25, 0.3) is 5.91 Å². The van der Waals surface area contributed by atoms with Crippen molar-refractivity contribution in [1.29, 1.82) is 0 Å². The topological polar surface area (TPSA) is 122 Å². The second kappa shape index (κ2) is 11.7. The number of nitrogens with zero attached hydrogens (tertiary/aromatic N) is 2. The predicted octanol–water partition coefficient (Wildman–Crippen LogP) is 1.44. The maximum atomic E-state index is 12.6. The second-order valence-electron chi connectivity index (χ2n) is 8.65. The summed E-state index contributed by atoms with van der Waals surface area (Å²) in [5.41, 5.74) is 1.02. The molecule has 4 rings (SSSR count). The molecule has 2 fully saturated rings. The molecule has 1 N–H and O–H groups in total. The van der Waals surface area contributed by atoms with Crippen LogP contribution in [0.15, 0.2) is 53.4 Å². The zero-order chi connectivity index (χ0) is 25.6. The normalized spacial score (nSPS) is 17.7. The number of carbonyl (C=O) groups excluding carboxylic acids is 1. The van der Waals surface area contributed by atoms with Gasteiger partial charge in [0.2, 0.25) is 20.0 Å². The fourth-order valence-electron chi connectivity index (χ4n) is 4.10. The molecule has 196 valence electrons. The highest BCUT2D eigenvalue weighted by molar-refractivity contribution is 7.89. The van der Waals surface area contributed by atoms with Crippen LogP contribution in [0.4, 0.5) is 0 Å². The monoisotopic (exact) mass is 537 g/mol. The van der Waals surface area contributed by atoms with Crippen molar-refractivity contribution in [3.63, 3.8) is 0 Å². The van der Waals surface area contributed by atoms with Gasteiger partial charge in [0, 0.05) is 31.7 Å². The summed E-state index contributed by atoms with van der Waals surface area (Å²) >= 11 is 0. The fourth-order valence-corrected chi connectivity index (χ4v) is 7.12. The van der Waals surface area contributed by atoms with Gasteiger partial charge in [0.1, 0.15) is 12.4 Å². The van der Waals surface area contributed by atoms with Crippen molar-refractivity contribution >= 4 is 26.0 Å². The molecule has 2 saturated heterocycles. The van der Waals surface area contributed by atoms with Gasteiger partial charge in [-0.3, -0.25) is 4.79 Å². The van der Waals surface area contributed by atoms with Crippen LogP contribution in [0.25, 0.3) is 0 Å². The van der Waals surface area contributed by atoms with E-state index in [0.29, 0.717) is 56.3 Å². The summed E-state index contributed by atoms with van der Waals surface area (Å²) in [7, 11) is -6.89. The molecule has 0 radical (unpaired) electrons. The van der Waals surface area contributed by atoms with Crippen LogP contribution in [0.2, 0.25) is 0 Å². The molecular weight excluding hydrogens is 506 g/mol. The first-order valence-corrected chi connectivity index (χ1v) is 15.0. The number of rotatable bonds is 10. The lowest BCUT2D eigenvalue weighted by Gasteiger charge is -2.26. The maximum Gasteiger partial charge on any atom is 0.251 e. The Kier molecular flexibility index (Phi) is 8.62. The van der Waals surface area contributed by atoms with Crippen LogP contribution >= 0.6 is 0 Å². The van der Waals surface area contributed by atoms with Crippen molar-refractivity contribution in [2.75, 3.05) is 52.5 Å². The van der Waals surface area contributed by atoms with Gasteiger partial charge < -0.3 is 14.8 Å². The molecule has 0 saturated carbocycles. The quantitative estimate of drug-likeness (QED) is 0.455. The highest BCUT2D eigenvalue weighted by atomic mass is 32.2. The number of hydrogen-bond acceptors (Lipinski definition) is 7. The Morgan fingerprint density at radius 2 is 1.50 bits per heavy atom. The van der Waals surface area contributed by atoms with Crippen LogP contribution < -0.4 is 10.1 Å². The standard InChI is InChI=1S/C24H31N3O7S2/c28-24(21-5-3-20(4-6-21)19-35(29,30)26-14-17-33-18-15-26)25-11-16-34-22-7-9-23(10-8-22)36(31,32)27-12-1-2-13-27/h3-10H,1-2,11-19H2,(H,25,28). The summed E-state index contributed by atoms with van der Waals surface area (Å²) in [6, 6.07) is 12.7. The number of morpholine rings is 1. The first-order valence-electron chi connectivity index (χ1n) is 11.9. The number of carbonyl (C=O) groups is 1. The number of amides is 1. The smallest absolute Gasteiger partial charge is 0.251 e. The average molecular weight is 538 g/mol. The van der Waals surface area contributed by atoms with Gasteiger partial charge in [-0.05, 0) is 54.8 Å². The largest absolute Gasteiger partial charge is 0.492 e. The SMILES string of the molecule is O=C(NCCOc1ccc(S(=O)(=O)N2CCCC2)cc1)c1ccc(CS(=O)(=O)N2CCOCC2)cc1. The molecule has 12 heteroatoms. The molecule has 2 aromatic carbocycles. The third-order valence-electron chi connectivity index (χ3n) is 6.11. The van der Waals surface area contributed by atoms with Crippen LogP contribution in [0.1, 0.15) is 28.8 Å². The van der Waals surface area contributed by atoms with Crippen molar-refractivity contribution in [2.24, 2.45) is 0 Å². The Balaban J connectivity index is 1.22. The van der Waals surface area contributed by atoms with Crippen LogP contribution in [-0.4, -0.2) is 83.9 Å². The van der Waals surface area contributed by atoms with E-state index in [9.17, 15) is 21.6 Å². The van der Waals surface area contributed by atoms with E-state index in [2.05, 4.69) is 5.32 Å². The van der Waals surface area contributed by atoms with E-state index >= 15 is 0 Å². The van der Waals surface area contributed by atoms with E-state index in [1.165, 1.54) is 20.7 Å². The third-order valence-corrected chi connectivity index (χ3v) is 9.87. The van der Waals surface area contributed by atoms with Crippen molar-refractivity contribution in [3.8, 4) is 5.75 Å². The van der Waals surface area contributed by atoms with Crippen molar-refractivity contribution in [3.05, 3.63) is 59.7 Å². The Morgan fingerprint density at radius 1 is 0.861 bits per heavy atom. The van der Waals surface area contributed by atoms with E-state index in [0.717, 1.165) is 12.8 Å². The molecule has 10 nitrogen and oxygen atoms in total. The fraction of sp³-hybridized carbons (Fsp3) is 0.458. The third kappa shape index (κ3) is 6.62. The zero-order valence-corrected chi connectivity index (χ0v) is 21.6. The average Bonchev–Trinajstić information content (AvgIpc) is 3.44. The minimum atomic E-state index is -3.46. The zero-order valence-electron chi connectivity index (χ0n) is 20.0. The summed E-state index contributed by atoms with van der Waals surface area (Å²) in [4.78, 5) is 12.6. The number of nitrogens with one attached hydrogen (secondary N) is 1. The number of sulfonamides is 2. The Hall–Kier alpha value is -2.51. The Labute approximate surface area is 212 Å². The summed E-state index contributed by atoms with van der Waals surface area (Å²) in [6.45, 7) is 3.06. The van der Waals surface area contributed by atoms with Crippen LogP contribution in [0, 0.1) is 0 Å². The molecule has 2 aliphatic rings. The second-order valence-corrected chi connectivity index (χ2v) is 12.6. The number of hydrogen-bond donors (Lipinski definition) is 1.